The van der Waals surface area contributed by atoms with E-state index in [1.54, 1.807) is 7.05 Å². The molecule has 1 aliphatic heterocycles. The molecule has 8 heteroatoms. The van der Waals surface area contributed by atoms with Crippen LogP contribution in [0.25, 0.3) is 0 Å². The van der Waals surface area contributed by atoms with Crippen molar-refractivity contribution in [3.05, 3.63) is 47.3 Å². The summed E-state index contributed by atoms with van der Waals surface area (Å²) in [4.78, 5) is 18.6. The van der Waals surface area contributed by atoms with Crippen LogP contribution in [0.1, 0.15) is 49.6 Å². The molecule has 2 heterocycles. The number of fused-ring (bicyclic) bond motifs is 1. The van der Waals surface area contributed by atoms with Crippen LogP contribution in [0.4, 0.5) is 5.69 Å². The number of nitrogens with one attached hydrogen (secondary N) is 2. The second kappa shape index (κ2) is 11.2. The van der Waals surface area contributed by atoms with Crippen LogP contribution in [0, 0.1) is 0 Å². The third-order valence-electron chi connectivity index (χ3n) is 5.23. The number of carbonyl (C=O) groups is 1. The first-order chi connectivity index (χ1) is 13.7. The molecular weight excluding hydrogens is 481 g/mol. The SMILES string of the molecule is CCC(CC)c1cc(CNC(=NC)NCC(=O)N2CCc3ccccc32)on1.I. The monoisotopic (exact) mass is 511 g/mol. The van der Waals surface area contributed by atoms with Crippen molar-refractivity contribution < 1.29 is 9.32 Å². The minimum absolute atomic E-state index is 0. The van der Waals surface area contributed by atoms with Crippen LogP contribution in [0.15, 0.2) is 39.8 Å². The van der Waals surface area contributed by atoms with Crippen LogP contribution >= 0.6 is 24.0 Å². The summed E-state index contributed by atoms with van der Waals surface area (Å²) in [6.45, 7) is 5.68. The Hall–Kier alpha value is -2.10. The largest absolute Gasteiger partial charge is 0.359 e. The van der Waals surface area contributed by atoms with Crippen LogP contribution in [0.2, 0.25) is 0 Å². The molecule has 0 spiro atoms. The molecule has 1 aromatic carbocycles. The highest BCUT2D eigenvalue weighted by Crippen LogP contribution is 2.27. The topological polar surface area (TPSA) is 82.8 Å². The lowest BCUT2D eigenvalue weighted by Gasteiger charge is -2.18. The summed E-state index contributed by atoms with van der Waals surface area (Å²) in [6, 6.07) is 10.0. The highest BCUT2D eigenvalue weighted by Gasteiger charge is 2.23. The number of amides is 1. The Balaban J connectivity index is 0.00000300. The smallest absolute Gasteiger partial charge is 0.246 e. The van der Waals surface area contributed by atoms with E-state index in [2.05, 4.69) is 40.7 Å². The van der Waals surface area contributed by atoms with E-state index in [1.165, 1.54) is 5.56 Å². The number of guanidine groups is 1. The molecule has 0 saturated carbocycles. The van der Waals surface area contributed by atoms with E-state index < -0.39 is 0 Å². The standard InChI is InChI=1S/C21H29N5O2.HI/c1-4-15(5-2)18-12-17(28-25-18)13-23-21(22-3)24-14-20(27)26-11-10-16-8-6-7-9-19(16)26;/h6-9,12,15H,4-5,10-11,13-14H2,1-3H3,(H2,22,23,24);1H. The molecule has 2 N–H and O–H groups in total. The molecule has 29 heavy (non-hydrogen) atoms. The maximum absolute atomic E-state index is 12.6. The second-order valence-corrected chi connectivity index (χ2v) is 6.93. The van der Waals surface area contributed by atoms with E-state index >= 15 is 0 Å². The van der Waals surface area contributed by atoms with E-state index in [1.807, 2.05) is 29.2 Å². The van der Waals surface area contributed by atoms with Crippen molar-refractivity contribution in [1.29, 1.82) is 0 Å². The van der Waals surface area contributed by atoms with Crippen molar-refractivity contribution in [1.82, 2.24) is 15.8 Å². The summed E-state index contributed by atoms with van der Waals surface area (Å²) in [7, 11) is 1.68. The number of halogens is 1. The first kappa shape index (κ1) is 23.2. The molecular formula is C21H30IN5O2. The molecule has 158 valence electrons. The molecule has 0 aliphatic carbocycles. The number of hydrogen-bond donors (Lipinski definition) is 2. The van der Waals surface area contributed by atoms with Gasteiger partial charge >= 0.3 is 0 Å². The molecule has 3 rings (SSSR count). The zero-order chi connectivity index (χ0) is 19.9. The molecule has 0 fully saturated rings. The first-order valence-electron chi connectivity index (χ1n) is 9.94. The van der Waals surface area contributed by atoms with Crippen LogP contribution < -0.4 is 15.5 Å². The predicted octanol–water partition coefficient (Wildman–Crippen LogP) is 3.45. The summed E-state index contributed by atoms with van der Waals surface area (Å²) in [5, 5.41) is 10.4. The molecule has 7 nitrogen and oxygen atoms in total. The number of rotatable bonds is 7. The number of para-hydroxylation sites is 1. The summed E-state index contributed by atoms with van der Waals surface area (Å²) >= 11 is 0. The van der Waals surface area contributed by atoms with Gasteiger partial charge in [-0.3, -0.25) is 9.79 Å². The molecule has 1 amide bonds. The normalized spacial score (nSPS) is 13.2. The van der Waals surface area contributed by atoms with E-state index in [9.17, 15) is 4.79 Å². The van der Waals surface area contributed by atoms with E-state index in [0.717, 1.165) is 42.9 Å². The highest BCUT2D eigenvalue weighted by atomic mass is 127. The van der Waals surface area contributed by atoms with Crippen LogP contribution in [-0.4, -0.2) is 37.2 Å². The Labute approximate surface area is 189 Å². The fourth-order valence-electron chi connectivity index (χ4n) is 3.56. The fraction of sp³-hybridized carbons (Fsp3) is 0.476. The summed E-state index contributed by atoms with van der Waals surface area (Å²) in [5.41, 5.74) is 3.22. The van der Waals surface area contributed by atoms with E-state index in [0.29, 0.717) is 18.4 Å². The minimum Gasteiger partial charge on any atom is -0.359 e. The van der Waals surface area contributed by atoms with Gasteiger partial charge in [0.25, 0.3) is 0 Å². The highest BCUT2D eigenvalue weighted by molar-refractivity contribution is 14.0. The van der Waals surface area contributed by atoms with Gasteiger partial charge in [-0.15, -0.1) is 24.0 Å². The fourth-order valence-corrected chi connectivity index (χ4v) is 3.56. The average molecular weight is 511 g/mol. The number of aliphatic imine (C=N–C) groups is 1. The Kier molecular flexibility index (Phi) is 8.94. The number of hydrogen-bond acceptors (Lipinski definition) is 4. The van der Waals surface area contributed by atoms with Crippen molar-refractivity contribution in [2.75, 3.05) is 25.0 Å². The molecule has 1 aromatic heterocycles. The molecule has 0 bridgehead atoms. The van der Waals surface area contributed by atoms with Gasteiger partial charge in [0.05, 0.1) is 18.8 Å². The van der Waals surface area contributed by atoms with E-state index in [-0.39, 0.29) is 36.4 Å². The number of benzene rings is 1. The van der Waals surface area contributed by atoms with Crippen LogP contribution in [-0.2, 0) is 17.8 Å². The molecule has 0 saturated heterocycles. The lowest BCUT2D eigenvalue weighted by atomic mass is 9.99. The average Bonchev–Trinajstić information content (AvgIpc) is 3.36. The summed E-state index contributed by atoms with van der Waals surface area (Å²) in [5.74, 6) is 1.77. The molecule has 0 radical (unpaired) electrons. The second-order valence-electron chi connectivity index (χ2n) is 6.93. The lowest BCUT2D eigenvalue weighted by Crippen LogP contribution is -2.44. The molecule has 1 aliphatic rings. The zero-order valence-corrected chi connectivity index (χ0v) is 19.6. The quantitative estimate of drug-likeness (QED) is 0.338. The molecule has 2 aromatic rings. The van der Waals surface area contributed by atoms with Crippen LogP contribution in [0.5, 0.6) is 0 Å². The van der Waals surface area contributed by atoms with E-state index in [4.69, 9.17) is 4.52 Å². The van der Waals surface area contributed by atoms with Crippen molar-refractivity contribution in [2.45, 2.75) is 45.6 Å². The third kappa shape index (κ3) is 5.71. The lowest BCUT2D eigenvalue weighted by molar-refractivity contribution is -0.117. The van der Waals surface area contributed by atoms with Gasteiger partial charge in [0.15, 0.2) is 11.7 Å². The zero-order valence-electron chi connectivity index (χ0n) is 17.3. The number of anilines is 1. The van der Waals surface area contributed by atoms with Crippen molar-refractivity contribution in [3.63, 3.8) is 0 Å². The summed E-state index contributed by atoms with van der Waals surface area (Å²) < 4.78 is 5.42. The predicted molar refractivity (Wildman–Crippen MR) is 126 cm³/mol. The Bertz CT molecular complexity index is 832. The Morgan fingerprint density at radius 2 is 2.03 bits per heavy atom. The minimum atomic E-state index is 0. The van der Waals surface area contributed by atoms with Gasteiger partial charge in [-0.1, -0.05) is 37.2 Å². The number of carbonyl (C=O) groups excluding carboxylic acids is 1. The van der Waals surface area contributed by atoms with Gasteiger partial charge in [0, 0.05) is 31.3 Å². The number of nitrogens with zero attached hydrogens (tertiary/aromatic N) is 3. The number of aromatic nitrogens is 1. The maximum Gasteiger partial charge on any atom is 0.246 e. The Morgan fingerprint density at radius 1 is 1.28 bits per heavy atom. The van der Waals surface area contributed by atoms with Gasteiger partial charge in [-0.25, -0.2) is 0 Å². The maximum atomic E-state index is 12.6. The van der Waals surface area contributed by atoms with Gasteiger partial charge in [0.2, 0.25) is 5.91 Å². The third-order valence-corrected chi connectivity index (χ3v) is 5.23. The molecule has 0 unspecified atom stereocenters. The first-order valence-corrected chi connectivity index (χ1v) is 9.94. The van der Waals surface area contributed by atoms with Gasteiger partial charge in [-0.2, -0.15) is 0 Å². The van der Waals surface area contributed by atoms with Gasteiger partial charge in [-0.05, 0) is 30.9 Å². The van der Waals surface area contributed by atoms with Crippen molar-refractivity contribution in [2.24, 2.45) is 4.99 Å². The van der Waals surface area contributed by atoms with Crippen molar-refractivity contribution in [3.8, 4) is 0 Å². The summed E-state index contributed by atoms with van der Waals surface area (Å²) in [6.07, 6.45) is 2.99. The van der Waals surface area contributed by atoms with Crippen LogP contribution in [0.3, 0.4) is 0 Å². The van der Waals surface area contributed by atoms with Crippen molar-refractivity contribution >= 4 is 41.5 Å². The Morgan fingerprint density at radius 3 is 2.76 bits per heavy atom. The van der Waals surface area contributed by atoms with Gasteiger partial charge < -0.3 is 20.1 Å². The molecule has 0 atom stereocenters. The van der Waals surface area contributed by atoms with Gasteiger partial charge in [0.1, 0.15) is 0 Å².